The van der Waals surface area contributed by atoms with E-state index < -0.39 is 0 Å². The van der Waals surface area contributed by atoms with Crippen LogP contribution in [-0.2, 0) is 4.79 Å². The smallest absolute Gasteiger partial charge is 0.202 e. The molecule has 13 heavy (non-hydrogen) atoms. The highest BCUT2D eigenvalue weighted by Gasteiger charge is 2.14. The average molecular weight is 178 g/mol. The number of Topliss-reactive ketones (excluding diaryl/α,β-unsaturated/α-hetero) is 1. The molecule has 0 aliphatic rings. The summed E-state index contributed by atoms with van der Waals surface area (Å²) in [4.78, 5) is 10.7. The first-order valence-electron chi connectivity index (χ1n) is 4.61. The van der Waals surface area contributed by atoms with E-state index in [2.05, 4.69) is 45.6 Å². The Labute approximate surface area is 81.2 Å². The predicted molar refractivity (Wildman–Crippen MR) is 56.3 cm³/mol. The zero-order valence-corrected chi connectivity index (χ0v) is 9.19. The molecule has 0 saturated carbocycles. The maximum Gasteiger partial charge on any atom is 0.202 e. The highest BCUT2D eigenvalue weighted by atomic mass is 16.1. The quantitative estimate of drug-likeness (QED) is 0.445. The number of hydrogen-bond acceptors (Lipinski definition) is 1. The number of hydrogen-bond donors (Lipinski definition) is 0. The van der Waals surface area contributed by atoms with Crippen LogP contribution in [0, 0.1) is 17.3 Å². The van der Waals surface area contributed by atoms with Crippen molar-refractivity contribution < 1.29 is 4.79 Å². The summed E-state index contributed by atoms with van der Waals surface area (Å²) in [5.74, 6) is 5.42. The minimum Gasteiger partial charge on any atom is -0.285 e. The second-order valence-corrected chi connectivity index (χ2v) is 4.08. The Morgan fingerprint density at radius 2 is 1.85 bits per heavy atom. The van der Waals surface area contributed by atoms with Gasteiger partial charge >= 0.3 is 0 Å². The molecule has 0 saturated heterocycles. The van der Waals surface area contributed by atoms with E-state index in [0.717, 1.165) is 12.0 Å². The largest absolute Gasteiger partial charge is 0.285 e. The second kappa shape index (κ2) is 4.87. The van der Waals surface area contributed by atoms with E-state index >= 15 is 0 Å². The molecule has 0 aliphatic carbocycles. The maximum atomic E-state index is 10.7. The molecule has 0 atom stereocenters. The third-order valence-electron chi connectivity index (χ3n) is 1.59. The molecule has 1 heteroatoms. The predicted octanol–water partition coefficient (Wildman–Crippen LogP) is 2.96. The molecule has 0 aromatic carbocycles. The average Bonchev–Trinajstić information content (AvgIpc) is 1.95. The van der Waals surface area contributed by atoms with Gasteiger partial charge in [0.2, 0.25) is 5.78 Å². The summed E-state index contributed by atoms with van der Waals surface area (Å²) in [6.45, 7) is 9.86. The Morgan fingerprint density at radius 1 is 1.31 bits per heavy atom. The van der Waals surface area contributed by atoms with Crippen molar-refractivity contribution >= 4 is 5.78 Å². The van der Waals surface area contributed by atoms with Crippen molar-refractivity contribution in [2.45, 2.75) is 41.0 Å². The molecule has 0 aromatic heterocycles. The molecule has 0 rings (SSSR count). The lowest BCUT2D eigenvalue weighted by Gasteiger charge is -2.18. The van der Waals surface area contributed by atoms with Crippen molar-refractivity contribution in [3.05, 3.63) is 11.6 Å². The van der Waals surface area contributed by atoms with Crippen LogP contribution in [0.25, 0.3) is 0 Å². The molecule has 0 aromatic rings. The van der Waals surface area contributed by atoms with Gasteiger partial charge in [0.1, 0.15) is 0 Å². The molecular formula is C12H18O. The molecular weight excluding hydrogens is 160 g/mol. The van der Waals surface area contributed by atoms with Crippen LogP contribution < -0.4 is 0 Å². The minimum absolute atomic E-state index is 0.0401. The van der Waals surface area contributed by atoms with Crippen molar-refractivity contribution in [2.75, 3.05) is 0 Å². The Bertz CT molecular complexity index is 266. The van der Waals surface area contributed by atoms with Crippen molar-refractivity contribution in [3.8, 4) is 11.8 Å². The van der Waals surface area contributed by atoms with E-state index in [4.69, 9.17) is 0 Å². The Kier molecular flexibility index (Phi) is 4.48. The Hall–Kier alpha value is -1.03. The van der Waals surface area contributed by atoms with Crippen LogP contribution in [0.3, 0.4) is 0 Å². The molecule has 1 nitrogen and oxygen atoms in total. The summed E-state index contributed by atoms with van der Waals surface area (Å²) in [5, 5.41) is 0. The van der Waals surface area contributed by atoms with Gasteiger partial charge in [0.05, 0.1) is 0 Å². The zero-order chi connectivity index (χ0) is 10.5. The highest BCUT2D eigenvalue weighted by Crippen LogP contribution is 2.24. The molecule has 0 heterocycles. The lowest BCUT2D eigenvalue weighted by Crippen LogP contribution is -2.08. The van der Waals surface area contributed by atoms with Crippen molar-refractivity contribution in [1.82, 2.24) is 0 Å². The standard InChI is InChI=1S/C12H18O/c1-6-7-11(12(3,4)5)9-8-10(2)13/h7H,6H2,1-5H3. The van der Waals surface area contributed by atoms with Crippen LogP contribution in [0.15, 0.2) is 11.6 Å². The van der Waals surface area contributed by atoms with Crippen LogP contribution in [-0.4, -0.2) is 5.78 Å². The van der Waals surface area contributed by atoms with E-state index in [9.17, 15) is 4.79 Å². The van der Waals surface area contributed by atoms with E-state index in [1.165, 1.54) is 6.92 Å². The molecule has 0 bridgehead atoms. The number of carbonyl (C=O) groups is 1. The normalized spacial score (nSPS) is 11.9. The summed E-state index contributed by atoms with van der Waals surface area (Å²) in [5.41, 5.74) is 1.09. The summed E-state index contributed by atoms with van der Waals surface area (Å²) in [6, 6.07) is 0. The maximum absolute atomic E-state index is 10.7. The van der Waals surface area contributed by atoms with Crippen molar-refractivity contribution in [1.29, 1.82) is 0 Å². The van der Waals surface area contributed by atoms with E-state index in [1.807, 2.05) is 0 Å². The summed E-state index contributed by atoms with van der Waals surface area (Å²) in [7, 11) is 0. The fraction of sp³-hybridized carbons (Fsp3) is 0.583. The SMILES string of the molecule is CCC=C(C#CC(C)=O)C(C)(C)C. The first-order valence-corrected chi connectivity index (χ1v) is 4.61. The van der Waals surface area contributed by atoms with Crippen molar-refractivity contribution in [3.63, 3.8) is 0 Å². The van der Waals surface area contributed by atoms with Gasteiger partial charge in [0.15, 0.2) is 0 Å². The van der Waals surface area contributed by atoms with Gasteiger partial charge in [0, 0.05) is 12.5 Å². The topological polar surface area (TPSA) is 17.1 Å². The fourth-order valence-electron chi connectivity index (χ4n) is 0.904. The van der Waals surface area contributed by atoms with Gasteiger partial charge in [-0.15, -0.1) is 0 Å². The van der Waals surface area contributed by atoms with E-state index in [-0.39, 0.29) is 11.2 Å². The molecule has 0 amide bonds. The summed E-state index contributed by atoms with van der Waals surface area (Å²) < 4.78 is 0. The lowest BCUT2D eigenvalue weighted by molar-refractivity contribution is -0.111. The zero-order valence-electron chi connectivity index (χ0n) is 9.19. The van der Waals surface area contributed by atoms with Gasteiger partial charge < -0.3 is 0 Å². The van der Waals surface area contributed by atoms with E-state index in [1.54, 1.807) is 0 Å². The van der Waals surface area contributed by atoms with E-state index in [0.29, 0.717) is 0 Å². The highest BCUT2D eigenvalue weighted by molar-refractivity contribution is 5.93. The van der Waals surface area contributed by atoms with Gasteiger partial charge in [-0.2, -0.15) is 0 Å². The number of carbonyl (C=O) groups excluding carboxylic acids is 1. The second-order valence-electron chi connectivity index (χ2n) is 4.08. The Balaban J connectivity index is 4.79. The third-order valence-corrected chi connectivity index (χ3v) is 1.59. The van der Waals surface area contributed by atoms with Gasteiger partial charge in [-0.3, -0.25) is 4.79 Å². The van der Waals surface area contributed by atoms with Gasteiger partial charge in [-0.25, -0.2) is 0 Å². The minimum atomic E-state index is -0.0775. The number of rotatable bonds is 1. The van der Waals surface area contributed by atoms with Crippen LogP contribution in [0.4, 0.5) is 0 Å². The monoisotopic (exact) mass is 178 g/mol. The van der Waals surface area contributed by atoms with Crippen LogP contribution in [0.2, 0.25) is 0 Å². The fourth-order valence-corrected chi connectivity index (χ4v) is 0.904. The number of allylic oxidation sites excluding steroid dienone is 2. The molecule has 0 fully saturated rings. The molecule has 0 N–H and O–H groups in total. The first kappa shape index (κ1) is 12.0. The number of ketones is 1. The Morgan fingerprint density at radius 3 is 2.15 bits per heavy atom. The molecule has 0 aliphatic heterocycles. The first-order chi connectivity index (χ1) is 5.88. The molecule has 0 unspecified atom stereocenters. The molecule has 0 spiro atoms. The third kappa shape index (κ3) is 5.25. The van der Waals surface area contributed by atoms with Crippen LogP contribution >= 0.6 is 0 Å². The van der Waals surface area contributed by atoms with Crippen LogP contribution in [0.1, 0.15) is 41.0 Å². The van der Waals surface area contributed by atoms with Gasteiger partial charge in [-0.1, -0.05) is 39.7 Å². The summed E-state index contributed by atoms with van der Waals surface area (Å²) in [6.07, 6.45) is 3.04. The van der Waals surface area contributed by atoms with Gasteiger partial charge in [0.25, 0.3) is 0 Å². The van der Waals surface area contributed by atoms with Crippen molar-refractivity contribution in [2.24, 2.45) is 5.41 Å². The van der Waals surface area contributed by atoms with Crippen LogP contribution in [0.5, 0.6) is 0 Å². The van der Waals surface area contributed by atoms with Gasteiger partial charge in [-0.05, 0) is 17.8 Å². The molecule has 72 valence electrons. The lowest BCUT2D eigenvalue weighted by atomic mass is 9.86. The summed E-state index contributed by atoms with van der Waals surface area (Å²) >= 11 is 0. The molecule has 0 radical (unpaired) electrons.